The first-order valence-corrected chi connectivity index (χ1v) is 9.44. The summed E-state index contributed by atoms with van der Waals surface area (Å²) in [7, 11) is 0. The summed E-state index contributed by atoms with van der Waals surface area (Å²) >= 11 is 0. The lowest BCUT2D eigenvalue weighted by atomic mass is 9.96. The topological polar surface area (TPSA) is 52.8 Å². The van der Waals surface area contributed by atoms with Crippen LogP contribution in [0, 0.1) is 6.92 Å². The zero-order valence-corrected chi connectivity index (χ0v) is 16.1. The van der Waals surface area contributed by atoms with Crippen LogP contribution in [0.4, 0.5) is 5.69 Å². The van der Waals surface area contributed by atoms with Gasteiger partial charge in [-0.15, -0.1) is 0 Å². The number of para-hydroxylation sites is 1. The van der Waals surface area contributed by atoms with Gasteiger partial charge in [-0.05, 0) is 41.8 Å². The molecule has 2 N–H and O–H groups in total. The smallest absolute Gasteiger partial charge is 0.131 e. The van der Waals surface area contributed by atoms with Crippen molar-refractivity contribution in [2.75, 3.05) is 0 Å². The van der Waals surface area contributed by atoms with E-state index >= 15 is 0 Å². The molecule has 0 aromatic heterocycles. The van der Waals surface area contributed by atoms with Gasteiger partial charge < -0.3 is 10.2 Å². The Balaban J connectivity index is 1.86. The normalized spacial score (nSPS) is 11.1. The van der Waals surface area contributed by atoms with Crippen LogP contribution in [-0.2, 0) is 0 Å². The summed E-state index contributed by atoms with van der Waals surface area (Å²) in [4.78, 5) is 4.60. The molecule has 4 aromatic carbocycles. The van der Waals surface area contributed by atoms with Gasteiger partial charge in [0.2, 0.25) is 0 Å². The van der Waals surface area contributed by atoms with Gasteiger partial charge in [0.1, 0.15) is 11.5 Å². The lowest BCUT2D eigenvalue weighted by Gasteiger charge is -2.12. The first-order chi connectivity index (χ1) is 14.1. The first kappa shape index (κ1) is 18.5. The van der Waals surface area contributed by atoms with Crippen LogP contribution in [0.5, 0.6) is 11.5 Å². The maximum absolute atomic E-state index is 11.0. The van der Waals surface area contributed by atoms with E-state index in [0.29, 0.717) is 22.4 Å². The van der Waals surface area contributed by atoms with Crippen molar-refractivity contribution in [3.05, 3.63) is 102 Å². The van der Waals surface area contributed by atoms with Crippen molar-refractivity contribution < 1.29 is 10.2 Å². The number of aromatic hydroxyl groups is 2. The second kappa shape index (κ2) is 8.03. The fraction of sp³-hybridized carbons (Fsp3) is 0.0385. The number of benzene rings is 4. The number of phenols is 2. The number of phenolic OH excluding ortho intramolecular Hbond substituents is 2. The quantitative estimate of drug-likeness (QED) is 0.398. The second-order valence-electron chi connectivity index (χ2n) is 6.89. The van der Waals surface area contributed by atoms with Crippen molar-refractivity contribution in [3.63, 3.8) is 0 Å². The van der Waals surface area contributed by atoms with Gasteiger partial charge in [0.25, 0.3) is 0 Å². The van der Waals surface area contributed by atoms with Crippen LogP contribution in [0.15, 0.2) is 96.0 Å². The Bertz CT molecular complexity index is 1110. The molecule has 0 heterocycles. The number of hydrogen-bond acceptors (Lipinski definition) is 3. The Morgan fingerprint density at radius 1 is 0.655 bits per heavy atom. The SMILES string of the molecule is Cc1cccc(C=Nc2cc(-c3ccccc3)c(O)c(-c3ccccc3)c2)c1O. The molecule has 3 nitrogen and oxygen atoms in total. The molecule has 0 aliphatic rings. The fourth-order valence-electron chi connectivity index (χ4n) is 3.30. The lowest BCUT2D eigenvalue weighted by Crippen LogP contribution is -1.87. The van der Waals surface area contributed by atoms with E-state index in [9.17, 15) is 10.2 Å². The molecule has 0 spiro atoms. The Labute approximate surface area is 170 Å². The zero-order valence-electron chi connectivity index (χ0n) is 16.1. The molecule has 29 heavy (non-hydrogen) atoms. The molecule has 0 unspecified atom stereocenters. The van der Waals surface area contributed by atoms with Crippen molar-refractivity contribution in [1.82, 2.24) is 0 Å². The number of hydrogen-bond donors (Lipinski definition) is 2. The van der Waals surface area contributed by atoms with E-state index in [4.69, 9.17) is 0 Å². The number of aliphatic imine (C=N–C) groups is 1. The number of aryl methyl sites for hydroxylation is 1. The summed E-state index contributed by atoms with van der Waals surface area (Å²) in [6.45, 7) is 1.86. The summed E-state index contributed by atoms with van der Waals surface area (Å²) in [6.07, 6.45) is 1.65. The Morgan fingerprint density at radius 2 is 1.21 bits per heavy atom. The fourth-order valence-corrected chi connectivity index (χ4v) is 3.30. The molecule has 0 aliphatic carbocycles. The maximum atomic E-state index is 11.0. The monoisotopic (exact) mass is 379 g/mol. The average molecular weight is 379 g/mol. The average Bonchev–Trinajstić information content (AvgIpc) is 2.77. The van der Waals surface area contributed by atoms with Crippen molar-refractivity contribution in [1.29, 1.82) is 0 Å². The van der Waals surface area contributed by atoms with Crippen molar-refractivity contribution in [2.45, 2.75) is 6.92 Å². The van der Waals surface area contributed by atoms with Gasteiger partial charge in [0, 0.05) is 22.9 Å². The van der Waals surface area contributed by atoms with E-state index in [2.05, 4.69) is 4.99 Å². The molecule has 0 amide bonds. The number of rotatable bonds is 4. The van der Waals surface area contributed by atoms with Gasteiger partial charge in [-0.25, -0.2) is 0 Å². The molecule has 0 saturated carbocycles. The molecule has 0 fully saturated rings. The van der Waals surface area contributed by atoms with Crippen LogP contribution < -0.4 is 0 Å². The lowest BCUT2D eigenvalue weighted by molar-refractivity contribution is 0.470. The van der Waals surface area contributed by atoms with Gasteiger partial charge in [0.05, 0.1) is 5.69 Å². The summed E-state index contributed by atoms with van der Waals surface area (Å²) in [5, 5.41) is 21.2. The Kier molecular flexibility index (Phi) is 5.12. The van der Waals surface area contributed by atoms with Gasteiger partial charge in [-0.3, -0.25) is 4.99 Å². The molecule has 3 heteroatoms. The Morgan fingerprint density at radius 3 is 1.76 bits per heavy atom. The predicted molar refractivity (Wildman–Crippen MR) is 119 cm³/mol. The van der Waals surface area contributed by atoms with E-state index in [1.807, 2.05) is 97.9 Å². The van der Waals surface area contributed by atoms with Crippen LogP contribution in [0.2, 0.25) is 0 Å². The second-order valence-corrected chi connectivity index (χ2v) is 6.89. The van der Waals surface area contributed by atoms with E-state index < -0.39 is 0 Å². The highest BCUT2D eigenvalue weighted by Crippen LogP contribution is 2.41. The van der Waals surface area contributed by atoms with Gasteiger partial charge in [0.15, 0.2) is 0 Å². The summed E-state index contributed by atoms with van der Waals surface area (Å²) in [5.74, 6) is 0.446. The minimum Gasteiger partial charge on any atom is -0.507 e. The highest BCUT2D eigenvalue weighted by atomic mass is 16.3. The molecular formula is C26H21NO2. The number of nitrogens with zero attached hydrogens (tertiary/aromatic N) is 1. The van der Waals surface area contributed by atoms with Gasteiger partial charge >= 0.3 is 0 Å². The minimum absolute atomic E-state index is 0.222. The van der Waals surface area contributed by atoms with E-state index in [1.165, 1.54) is 0 Å². The van der Waals surface area contributed by atoms with Crippen LogP contribution >= 0.6 is 0 Å². The third-order valence-corrected chi connectivity index (χ3v) is 4.89. The summed E-state index contributed by atoms with van der Waals surface area (Å²) < 4.78 is 0. The van der Waals surface area contributed by atoms with Crippen molar-refractivity contribution in [2.24, 2.45) is 4.99 Å². The third kappa shape index (κ3) is 3.90. The Hall–Kier alpha value is -3.85. The predicted octanol–water partition coefficient (Wildman–Crippen LogP) is 6.49. The van der Waals surface area contributed by atoms with E-state index in [1.54, 1.807) is 6.21 Å². The van der Waals surface area contributed by atoms with E-state index in [0.717, 1.165) is 16.7 Å². The molecule has 142 valence electrons. The zero-order chi connectivity index (χ0) is 20.2. The molecule has 0 saturated heterocycles. The highest BCUT2D eigenvalue weighted by Gasteiger charge is 2.13. The third-order valence-electron chi connectivity index (χ3n) is 4.89. The molecule has 4 aromatic rings. The van der Waals surface area contributed by atoms with Crippen LogP contribution in [0.1, 0.15) is 11.1 Å². The maximum Gasteiger partial charge on any atom is 0.131 e. The molecule has 0 radical (unpaired) electrons. The van der Waals surface area contributed by atoms with Crippen molar-refractivity contribution >= 4 is 11.9 Å². The van der Waals surface area contributed by atoms with Crippen LogP contribution in [0.25, 0.3) is 22.3 Å². The largest absolute Gasteiger partial charge is 0.507 e. The van der Waals surface area contributed by atoms with E-state index in [-0.39, 0.29) is 11.5 Å². The molecule has 0 aliphatic heterocycles. The van der Waals surface area contributed by atoms with Crippen LogP contribution in [-0.4, -0.2) is 16.4 Å². The van der Waals surface area contributed by atoms with Gasteiger partial charge in [-0.1, -0.05) is 72.8 Å². The minimum atomic E-state index is 0.222. The molecule has 0 bridgehead atoms. The summed E-state index contributed by atoms with van der Waals surface area (Å²) in [6, 6.07) is 28.8. The molecule has 0 atom stereocenters. The van der Waals surface area contributed by atoms with Crippen LogP contribution in [0.3, 0.4) is 0 Å². The van der Waals surface area contributed by atoms with Crippen molar-refractivity contribution in [3.8, 4) is 33.8 Å². The van der Waals surface area contributed by atoms with Gasteiger partial charge in [-0.2, -0.15) is 0 Å². The summed E-state index contributed by atoms with van der Waals surface area (Å²) in [5.41, 5.74) is 5.41. The standard InChI is InChI=1S/C26H21NO2/c1-18-9-8-14-21(25(18)28)17-27-22-15-23(19-10-4-2-5-11-19)26(29)24(16-22)20-12-6-3-7-13-20/h2-17,28-29H,1H3. The molecule has 4 rings (SSSR count). The molecular weight excluding hydrogens is 358 g/mol. The first-order valence-electron chi connectivity index (χ1n) is 9.44. The highest BCUT2D eigenvalue weighted by molar-refractivity contribution is 5.89.